The average molecular weight is 802 g/mol. The topological polar surface area (TPSA) is 0 Å². The molecule has 0 amide bonds. The molecule has 0 unspecified atom stereocenters. The number of benzene rings is 6. The molecular formula is C38H30I2P2. The van der Waals surface area contributed by atoms with E-state index in [1.807, 2.05) is 0 Å². The van der Waals surface area contributed by atoms with Gasteiger partial charge in [0, 0.05) is 0 Å². The Morgan fingerprint density at radius 1 is 0.238 bits per heavy atom. The largest absolute Gasteiger partial charge is 1.00 e. The quantitative estimate of drug-likeness (QED) is 0.134. The third-order valence-electron chi connectivity index (χ3n) is 7.25. The SMILES string of the molecule is C(#C[P+](c1ccccc1)(c1ccccc1)c1ccccc1)[P+](c1ccccc1)(c1ccccc1)c1ccccc1.[I-].[I-]. The summed E-state index contributed by atoms with van der Waals surface area (Å²) in [7, 11) is -4.69. The van der Waals surface area contributed by atoms with Crippen molar-refractivity contribution in [3.05, 3.63) is 182 Å². The molecule has 0 aliphatic carbocycles. The molecular weight excluding hydrogens is 772 g/mol. The van der Waals surface area contributed by atoms with Gasteiger partial charge >= 0.3 is 0 Å². The monoisotopic (exact) mass is 802 g/mol. The summed E-state index contributed by atoms with van der Waals surface area (Å²) >= 11 is 0. The predicted octanol–water partition coefficient (Wildman–Crippen LogP) is 0.901. The first-order valence-electron chi connectivity index (χ1n) is 13.5. The summed E-state index contributed by atoms with van der Waals surface area (Å²) < 4.78 is 0. The molecule has 6 aromatic carbocycles. The highest BCUT2D eigenvalue weighted by Gasteiger charge is 2.50. The van der Waals surface area contributed by atoms with E-state index in [1.54, 1.807) is 0 Å². The lowest BCUT2D eigenvalue weighted by Crippen LogP contribution is -3.00. The number of hydrogen-bond acceptors (Lipinski definition) is 0. The van der Waals surface area contributed by atoms with Gasteiger partial charge in [0.05, 0.1) is 0 Å². The van der Waals surface area contributed by atoms with E-state index in [0.717, 1.165) is 0 Å². The second kappa shape index (κ2) is 15.1. The van der Waals surface area contributed by atoms with Crippen LogP contribution in [0.1, 0.15) is 0 Å². The van der Waals surface area contributed by atoms with Crippen molar-refractivity contribution < 1.29 is 48.0 Å². The fourth-order valence-corrected chi connectivity index (χ4v) is 12.8. The molecule has 0 aliphatic rings. The van der Waals surface area contributed by atoms with Gasteiger partial charge in [0.15, 0.2) is 14.5 Å². The number of rotatable bonds is 6. The Kier molecular flexibility index (Phi) is 11.5. The van der Waals surface area contributed by atoms with E-state index >= 15 is 0 Å². The fraction of sp³-hybridized carbons (Fsp3) is 0. The minimum Gasteiger partial charge on any atom is -1.00 e. The van der Waals surface area contributed by atoms with E-state index in [2.05, 4.69) is 193 Å². The standard InChI is InChI=1S/C38H30P2.2HI/c1-7-19-33(20-8-1)39(34-21-9-2-10-22-34,35-23-11-3-12-24-35)31-32-40(36-25-13-4-14-26-36,37-27-15-5-16-28-37)38-29-17-6-18-30-38;;/h1-30H;2*1H/q+2;;/p-2. The van der Waals surface area contributed by atoms with E-state index in [9.17, 15) is 0 Å². The summed E-state index contributed by atoms with van der Waals surface area (Å²) in [6, 6.07) is 65.4. The van der Waals surface area contributed by atoms with E-state index < -0.39 is 14.5 Å². The van der Waals surface area contributed by atoms with E-state index in [-0.39, 0.29) is 48.0 Å². The van der Waals surface area contributed by atoms with E-state index in [1.165, 1.54) is 31.8 Å². The zero-order valence-electron chi connectivity index (χ0n) is 23.0. The van der Waals surface area contributed by atoms with Crippen molar-refractivity contribution in [2.24, 2.45) is 0 Å². The van der Waals surface area contributed by atoms with Gasteiger partial charge in [-0.05, 0) is 72.8 Å². The van der Waals surface area contributed by atoms with Gasteiger partial charge in [-0.15, -0.1) is 0 Å². The van der Waals surface area contributed by atoms with Crippen LogP contribution in [0.25, 0.3) is 0 Å². The van der Waals surface area contributed by atoms with Gasteiger partial charge in [-0.25, -0.2) is 0 Å². The summed E-state index contributed by atoms with van der Waals surface area (Å²) in [5, 5.41) is 7.62. The van der Waals surface area contributed by atoms with E-state index in [0.29, 0.717) is 0 Å². The number of hydrogen-bond donors (Lipinski definition) is 0. The Balaban J connectivity index is 0.00000202. The molecule has 0 radical (unpaired) electrons. The lowest BCUT2D eigenvalue weighted by molar-refractivity contribution is -0.00100. The summed E-state index contributed by atoms with van der Waals surface area (Å²) in [5.41, 5.74) is 8.26. The lowest BCUT2D eigenvalue weighted by atomic mass is 10.4. The highest BCUT2D eigenvalue weighted by atomic mass is 127. The molecule has 0 atom stereocenters. The summed E-state index contributed by atoms with van der Waals surface area (Å²) in [5.74, 6) is 0. The molecule has 0 aliphatic heterocycles. The molecule has 206 valence electrons. The smallest absolute Gasteiger partial charge is 0.193 e. The van der Waals surface area contributed by atoms with Gasteiger partial charge in [-0.1, -0.05) is 109 Å². The van der Waals surface area contributed by atoms with Gasteiger partial charge in [0.2, 0.25) is 0 Å². The van der Waals surface area contributed by atoms with Crippen molar-refractivity contribution in [3.63, 3.8) is 0 Å². The molecule has 0 N–H and O–H groups in total. The van der Waals surface area contributed by atoms with Gasteiger partial charge in [-0.3, -0.25) is 0 Å². The summed E-state index contributed by atoms with van der Waals surface area (Å²) in [4.78, 5) is 0. The molecule has 42 heavy (non-hydrogen) atoms. The normalized spacial score (nSPS) is 10.8. The molecule has 6 rings (SSSR count). The van der Waals surface area contributed by atoms with Crippen LogP contribution in [0.15, 0.2) is 182 Å². The van der Waals surface area contributed by atoms with Gasteiger partial charge in [-0.2, -0.15) is 0 Å². The molecule has 0 bridgehead atoms. The van der Waals surface area contributed by atoms with Crippen molar-refractivity contribution in [2.45, 2.75) is 0 Å². The third kappa shape index (κ3) is 6.27. The Morgan fingerprint density at radius 2 is 0.381 bits per heavy atom. The predicted molar refractivity (Wildman–Crippen MR) is 178 cm³/mol. The van der Waals surface area contributed by atoms with Crippen LogP contribution in [-0.2, 0) is 0 Å². The van der Waals surface area contributed by atoms with Crippen LogP contribution in [0.5, 0.6) is 0 Å². The maximum atomic E-state index is 4.13. The zero-order chi connectivity index (χ0) is 27.1. The van der Waals surface area contributed by atoms with Crippen LogP contribution in [0, 0.1) is 11.3 Å². The van der Waals surface area contributed by atoms with Crippen LogP contribution in [0.4, 0.5) is 0 Å². The molecule has 0 saturated carbocycles. The van der Waals surface area contributed by atoms with Gasteiger partial charge in [0.25, 0.3) is 0 Å². The Labute approximate surface area is 285 Å². The molecule has 4 heteroatoms. The van der Waals surface area contributed by atoms with Crippen LogP contribution in [-0.4, -0.2) is 0 Å². The first-order valence-corrected chi connectivity index (χ1v) is 17.1. The van der Waals surface area contributed by atoms with Crippen molar-refractivity contribution in [2.75, 3.05) is 0 Å². The molecule has 0 saturated heterocycles. The molecule has 0 fully saturated rings. The number of halogens is 2. The lowest BCUT2D eigenvalue weighted by Gasteiger charge is -2.23. The van der Waals surface area contributed by atoms with Crippen LogP contribution < -0.4 is 79.8 Å². The van der Waals surface area contributed by atoms with Crippen LogP contribution in [0.3, 0.4) is 0 Å². The maximum absolute atomic E-state index is 4.13. The van der Waals surface area contributed by atoms with E-state index in [4.69, 9.17) is 0 Å². The molecule has 0 aromatic heterocycles. The minimum absolute atomic E-state index is 0. The third-order valence-corrected chi connectivity index (χ3v) is 14.8. The van der Waals surface area contributed by atoms with Gasteiger partial charge < -0.3 is 48.0 Å². The molecule has 0 spiro atoms. The molecule has 6 aromatic rings. The van der Waals surface area contributed by atoms with Crippen molar-refractivity contribution >= 4 is 46.4 Å². The van der Waals surface area contributed by atoms with Crippen LogP contribution in [0.2, 0.25) is 0 Å². The summed E-state index contributed by atoms with van der Waals surface area (Å²) in [6.45, 7) is 0. The Morgan fingerprint density at radius 3 is 0.524 bits per heavy atom. The van der Waals surface area contributed by atoms with Crippen LogP contribution >= 0.6 is 14.5 Å². The second-order valence-corrected chi connectivity index (χ2v) is 15.8. The highest BCUT2D eigenvalue weighted by molar-refractivity contribution is 8.02. The first kappa shape index (κ1) is 32.1. The minimum atomic E-state index is -2.34. The Hall–Kier alpha value is -2.80. The second-order valence-electron chi connectivity index (χ2n) is 9.58. The zero-order valence-corrected chi connectivity index (χ0v) is 29.1. The summed E-state index contributed by atoms with van der Waals surface area (Å²) in [6.07, 6.45) is 0. The van der Waals surface area contributed by atoms with Crippen molar-refractivity contribution in [1.82, 2.24) is 0 Å². The first-order chi connectivity index (χ1) is 19.8. The van der Waals surface area contributed by atoms with Crippen molar-refractivity contribution in [1.29, 1.82) is 0 Å². The maximum Gasteiger partial charge on any atom is 0.193 e. The van der Waals surface area contributed by atoms with Gasteiger partial charge in [0.1, 0.15) is 43.2 Å². The fourth-order valence-electron chi connectivity index (χ4n) is 5.34. The van der Waals surface area contributed by atoms with Crippen molar-refractivity contribution in [3.8, 4) is 11.3 Å². The molecule has 0 heterocycles. The molecule has 0 nitrogen and oxygen atoms in total. The Bertz CT molecular complexity index is 1390. The highest BCUT2D eigenvalue weighted by Crippen LogP contribution is 2.59. The average Bonchev–Trinajstić information content (AvgIpc) is 3.06.